The number of esters is 1. The number of carbonyl (C=O) groups excluding carboxylic acids is 1. The van der Waals surface area contributed by atoms with E-state index in [2.05, 4.69) is 15.1 Å². The van der Waals surface area contributed by atoms with Gasteiger partial charge >= 0.3 is 5.97 Å². The first-order valence-electron chi connectivity index (χ1n) is 5.27. The van der Waals surface area contributed by atoms with Crippen molar-refractivity contribution < 1.29 is 9.53 Å². The molecule has 0 aliphatic carbocycles. The fourth-order valence-corrected chi connectivity index (χ4v) is 1.66. The average molecular weight is 247 g/mol. The minimum absolute atomic E-state index is 0.244. The van der Waals surface area contributed by atoms with Gasteiger partial charge < -0.3 is 10.5 Å². The van der Waals surface area contributed by atoms with Crippen LogP contribution in [0.15, 0.2) is 12.3 Å². The van der Waals surface area contributed by atoms with Crippen LogP contribution >= 0.6 is 0 Å². The van der Waals surface area contributed by atoms with Crippen molar-refractivity contribution in [1.29, 1.82) is 0 Å². The summed E-state index contributed by atoms with van der Waals surface area (Å²) in [6.45, 7) is 3.56. The van der Waals surface area contributed by atoms with Crippen molar-refractivity contribution in [1.82, 2.24) is 19.7 Å². The number of ether oxygens (including phenoxy) is 1. The zero-order valence-electron chi connectivity index (χ0n) is 10.3. The third-order valence-corrected chi connectivity index (χ3v) is 2.41. The summed E-state index contributed by atoms with van der Waals surface area (Å²) in [6.07, 6.45) is 1.47. The Balaban J connectivity index is 2.64. The van der Waals surface area contributed by atoms with Crippen LogP contribution in [0.1, 0.15) is 22.0 Å². The number of pyridine rings is 1. The lowest BCUT2D eigenvalue weighted by Gasteiger charge is -2.08. The highest BCUT2D eigenvalue weighted by Gasteiger charge is 2.17. The molecule has 2 rings (SSSR count). The molecule has 0 fully saturated rings. The van der Waals surface area contributed by atoms with Gasteiger partial charge in [-0.1, -0.05) is 0 Å². The standard InChI is InChI=1S/C11H13N5O2/c1-6-14-7(2)16(15-6)9-5-13-10(12)4-8(9)11(17)18-3/h4-5H,1-3H3,(H2,12,13). The molecule has 2 aromatic heterocycles. The van der Waals surface area contributed by atoms with Crippen LogP contribution in [0.5, 0.6) is 0 Å². The molecule has 0 aliphatic rings. The molecule has 2 heterocycles. The third kappa shape index (κ3) is 2.02. The number of carbonyl (C=O) groups is 1. The smallest absolute Gasteiger partial charge is 0.340 e. The molecule has 0 saturated carbocycles. The van der Waals surface area contributed by atoms with Crippen LogP contribution in [0.2, 0.25) is 0 Å². The van der Waals surface area contributed by atoms with Gasteiger partial charge in [0.25, 0.3) is 0 Å². The van der Waals surface area contributed by atoms with E-state index in [-0.39, 0.29) is 5.82 Å². The van der Waals surface area contributed by atoms with Gasteiger partial charge in [0.2, 0.25) is 0 Å². The summed E-state index contributed by atoms with van der Waals surface area (Å²) in [5.74, 6) is 1.02. The Kier molecular flexibility index (Phi) is 2.97. The Morgan fingerprint density at radius 2 is 2.17 bits per heavy atom. The molecule has 0 atom stereocenters. The number of aryl methyl sites for hydroxylation is 2. The topological polar surface area (TPSA) is 95.9 Å². The number of rotatable bonds is 2. The van der Waals surface area contributed by atoms with Gasteiger partial charge in [0, 0.05) is 0 Å². The lowest BCUT2D eigenvalue weighted by atomic mass is 10.2. The molecule has 7 heteroatoms. The van der Waals surface area contributed by atoms with Crippen molar-refractivity contribution in [3.63, 3.8) is 0 Å². The Morgan fingerprint density at radius 3 is 2.72 bits per heavy atom. The molecule has 0 unspecified atom stereocenters. The molecule has 0 saturated heterocycles. The zero-order chi connectivity index (χ0) is 13.3. The number of methoxy groups -OCH3 is 1. The Hall–Kier alpha value is -2.44. The largest absolute Gasteiger partial charge is 0.465 e. The average Bonchev–Trinajstić information content (AvgIpc) is 2.67. The summed E-state index contributed by atoms with van der Waals surface area (Å²) in [7, 11) is 1.31. The summed E-state index contributed by atoms with van der Waals surface area (Å²) in [5, 5.41) is 4.20. The molecule has 18 heavy (non-hydrogen) atoms. The number of nitrogen functional groups attached to an aromatic ring is 1. The van der Waals surface area contributed by atoms with Crippen molar-refractivity contribution >= 4 is 11.8 Å². The van der Waals surface area contributed by atoms with Crippen LogP contribution in [-0.4, -0.2) is 32.8 Å². The summed E-state index contributed by atoms with van der Waals surface area (Å²) < 4.78 is 6.25. The molecule has 0 radical (unpaired) electrons. The molecular formula is C11H13N5O2. The molecule has 0 bridgehead atoms. The van der Waals surface area contributed by atoms with Gasteiger partial charge in [0.15, 0.2) is 0 Å². The molecule has 0 spiro atoms. The van der Waals surface area contributed by atoms with Gasteiger partial charge in [-0.05, 0) is 19.9 Å². The van der Waals surface area contributed by atoms with Gasteiger partial charge in [0.05, 0.1) is 24.6 Å². The Morgan fingerprint density at radius 1 is 1.44 bits per heavy atom. The minimum atomic E-state index is -0.494. The first kappa shape index (κ1) is 12.0. The SMILES string of the molecule is COC(=O)c1cc(N)ncc1-n1nc(C)nc1C. The third-order valence-electron chi connectivity index (χ3n) is 2.41. The molecule has 2 N–H and O–H groups in total. The number of hydrogen-bond donors (Lipinski definition) is 1. The van der Waals surface area contributed by atoms with E-state index in [1.807, 2.05) is 0 Å². The molecule has 0 amide bonds. The highest BCUT2D eigenvalue weighted by atomic mass is 16.5. The van der Waals surface area contributed by atoms with Gasteiger partial charge in [0.1, 0.15) is 17.5 Å². The van der Waals surface area contributed by atoms with Gasteiger partial charge in [-0.15, -0.1) is 0 Å². The second-order valence-corrected chi connectivity index (χ2v) is 3.74. The highest BCUT2D eigenvalue weighted by molar-refractivity contribution is 5.94. The van der Waals surface area contributed by atoms with E-state index >= 15 is 0 Å². The monoisotopic (exact) mass is 247 g/mol. The number of anilines is 1. The van der Waals surface area contributed by atoms with Gasteiger partial charge in [-0.3, -0.25) is 0 Å². The molecule has 0 aromatic carbocycles. The Labute approximate surface area is 104 Å². The van der Waals surface area contributed by atoms with Crippen molar-refractivity contribution in [2.75, 3.05) is 12.8 Å². The maximum atomic E-state index is 11.7. The second-order valence-electron chi connectivity index (χ2n) is 3.74. The summed E-state index contributed by atoms with van der Waals surface area (Å²) in [6, 6.07) is 1.46. The molecule has 2 aromatic rings. The van der Waals surface area contributed by atoms with Crippen molar-refractivity contribution in [3.05, 3.63) is 29.5 Å². The van der Waals surface area contributed by atoms with E-state index in [9.17, 15) is 4.79 Å². The van der Waals surface area contributed by atoms with E-state index < -0.39 is 5.97 Å². The van der Waals surface area contributed by atoms with E-state index in [1.165, 1.54) is 24.1 Å². The Bertz CT molecular complexity index is 605. The van der Waals surface area contributed by atoms with Crippen LogP contribution in [0.25, 0.3) is 5.69 Å². The molecule has 7 nitrogen and oxygen atoms in total. The number of nitrogens with two attached hydrogens (primary N) is 1. The van der Waals surface area contributed by atoms with Crippen molar-refractivity contribution in [2.45, 2.75) is 13.8 Å². The molecule has 0 aliphatic heterocycles. The van der Waals surface area contributed by atoms with E-state index in [0.717, 1.165) is 0 Å². The highest BCUT2D eigenvalue weighted by Crippen LogP contribution is 2.17. The van der Waals surface area contributed by atoms with Gasteiger partial charge in [-0.2, -0.15) is 5.10 Å². The predicted molar refractivity (Wildman–Crippen MR) is 64.4 cm³/mol. The second kappa shape index (κ2) is 4.44. The quantitative estimate of drug-likeness (QED) is 0.782. The van der Waals surface area contributed by atoms with E-state index in [0.29, 0.717) is 22.9 Å². The fraction of sp³-hybridized carbons (Fsp3) is 0.273. The summed E-state index contributed by atoms with van der Waals surface area (Å²) in [4.78, 5) is 19.9. The number of hydrogen-bond acceptors (Lipinski definition) is 6. The van der Waals surface area contributed by atoms with Crippen LogP contribution in [0, 0.1) is 13.8 Å². The fourth-order valence-electron chi connectivity index (χ4n) is 1.66. The van der Waals surface area contributed by atoms with Crippen molar-refractivity contribution in [3.8, 4) is 5.69 Å². The predicted octanol–water partition coefficient (Wildman–Crippen LogP) is 0.648. The van der Waals surface area contributed by atoms with E-state index in [1.54, 1.807) is 13.8 Å². The first-order chi connectivity index (χ1) is 8.52. The molecular weight excluding hydrogens is 234 g/mol. The summed E-state index contributed by atoms with van der Waals surface area (Å²) >= 11 is 0. The lowest BCUT2D eigenvalue weighted by Crippen LogP contribution is -2.11. The normalized spacial score (nSPS) is 10.4. The molecule has 94 valence electrons. The van der Waals surface area contributed by atoms with Crippen LogP contribution < -0.4 is 5.73 Å². The minimum Gasteiger partial charge on any atom is -0.465 e. The van der Waals surface area contributed by atoms with Crippen LogP contribution in [-0.2, 0) is 4.74 Å². The van der Waals surface area contributed by atoms with Crippen molar-refractivity contribution in [2.24, 2.45) is 0 Å². The maximum Gasteiger partial charge on any atom is 0.340 e. The first-order valence-corrected chi connectivity index (χ1v) is 5.27. The van der Waals surface area contributed by atoms with Gasteiger partial charge in [-0.25, -0.2) is 19.4 Å². The lowest BCUT2D eigenvalue weighted by molar-refractivity contribution is 0.0600. The van der Waals surface area contributed by atoms with Crippen LogP contribution in [0.3, 0.4) is 0 Å². The summed E-state index contributed by atoms with van der Waals surface area (Å²) in [5.41, 5.74) is 6.38. The zero-order valence-corrected chi connectivity index (χ0v) is 10.3. The van der Waals surface area contributed by atoms with E-state index in [4.69, 9.17) is 10.5 Å². The van der Waals surface area contributed by atoms with Crippen LogP contribution in [0.4, 0.5) is 5.82 Å². The number of aromatic nitrogens is 4. The number of nitrogens with zero attached hydrogens (tertiary/aromatic N) is 4. The maximum absolute atomic E-state index is 11.7.